The van der Waals surface area contributed by atoms with Crippen LogP contribution in [0.25, 0.3) is 0 Å². The molecule has 0 aromatic heterocycles. The van der Waals surface area contributed by atoms with Crippen molar-refractivity contribution in [2.45, 2.75) is 26.9 Å². The third kappa shape index (κ3) is 4.15. The maximum atomic E-state index is 12.7. The van der Waals surface area contributed by atoms with E-state index in [-0.39, 0.29) is 16.8 Å². The highest BCUT2D eigenvalue weighted by Gasteiger charge is 2.31. The van der Waals surface area contributed by atoms with Crippen LogP contribution in [0.1, 0.15) is 31.9 Å². The molecule has 0 heterocycles. The molecule has 112 valence electrons. The zero-order chi connectivity index (χ0) is 15.7. The van der Waals surface area contributed by atoms with E-state index in [9.17, 15) is 13.2 Å². The van der Waals surface area contributed by atoms with Crippen LogP contribution in [0.4, 0.5) is 18.9 Å². The first kappa shape index (κ1) is 16.3. The molecule has 0 aliphatic heterocycles. The average Bonchev–Trinajstić information content (AvgIpc) is 2.24. The van der Waals surface area contributed by atoms with Crippen LogP contribution in [0, 0.1) is 10.8 Å². The van der Waals surface area contributed by atoms with Gasteiger partial charge in [0.25, 0.3) is 0 Å². The smallest absolute Gasteiger partial charge is 0.384 e. The topological polar surface area (TPSA) is 53.1 Å². The van der Waals surface area contributed by atoms with Crippen molar-refractivity contribution >= 4 is 11.5 Å². The molecule has 0 bridgehead atoms. The van der Waals surface area contributed by atoms with E-state index in [1.165, 1.54) is 6.07 Å². The highest BCUT2D eigenvalue weighted by molar-refractivity contribution is 6.00. The number of nitrogens with two attached hydrogens (primary N) is 1. The first-order valence-corrected chi connectivity index (χ1v) is 6.18. The summed E-state index contributed by atoms with van der Waals surface area (Å²) in [6.45, 7) is 6.72. The van der Waals surface area contributed by atoms with Crippen LogP contribution in [-0.2, 0) is 6.18 Å². The molecule has 1 aromatic rings. The van der Waals surface area contributed by atoms with Gasteiger partial charge in [0, 0.05) is 24.8 Å². The molecule has 3 nitrogen and oxygen atoms in total. The van der Waals surface area contributed by atoms with Crippen LogP contribution < -0.4 is 10.6 Å². The summed E-state index contributed by atoms with van der Waals surface area (Å²) in [6.07, 6.45) is -4.44. The van der Waals surface area contributed by atoms with Gasteiger partial charge in [0.1, 0.15) is 5.84 Å². The predicted octanol–water partition coefficient (Wildman–Crippen LogP) is 3.47. The Balaban J connectivity index is 3.24. The number of anilines is 1. The third-order valence-electron chi connectivity index (χ3n) is 2.74. The standard InChI is InChI=1S/C14H20F3N3/c1-13(2,3)8-20(4)11-6-5-9(14(15,16)17)7-10(11)12(18)19/h5-7H,8H2,1-4H3,(H3,18,19). The molecule has 6 heteroatoms. The largest absolute Gasteiger partial charge is 0.416 e. The molecule has 0 unspecified atom stereocenters. The van der Waals surface area contributed by atoms with Crippen molar-refractivity contribution in [1.82, 2.24) is 0 Å². The van der Waals surface area contributed by atoms with Crippen molar-refractivity contribution in [3.63, 3.8) is 0 Å². The highest BCUT2D eigenvalue weighted by atomic mass is 19.4. The zero-order valence-electron chi connectivity index (χ0n) is 12.1. The number of halogens is 3. The van der Waals surface area contributed by atoms with E-state index in [1.54, 1.807) is 7.05 Å². The number of alkyl halides is 3. The SMILES string of the molecule is CN(CC(C)(C)C)c1ccc(C(F)(F)F)cc1C(=N)N. The summed E-state index contributed by atoms with van der Waals surface area (Å²) in [4.78, 5) is 1.82. The maximum Gasteiger partial charge on any atom is 0.416 e. The summed E-state index contributed by atoms with van der Waals surface area (Å²) in [5.74, 6) is -0.369. The monoisotopic (exact) mass is 287 g/mol. The Hall–Kier alpha value is -1.72. The Labute approximate surface area is 117 Å². The molecule has 1 rings (SSSR count). The number of benzene rings is 1. The second kappa shape index (κ2) is 5.34. The minimum Gasteiger partial charge on any atom is -0.384 e. The number of nitrogens with zero attached hydrogens (tertiary/aromatic N) is 1. The second-order valence-electron chi connectivity index (χ2n) is 6.06. The molecule has 0 radical (unpaired) electrons. The van der Waals surface area contributed by atoms with Crippen LogP contribution in [0.15, 0.2) is 18.2 Å². The Morgan fingerprint density at radius 1 is 1.25 bits per heavy atom. The second-order valence-corrected chi connectivity index (χ2v) is 6.06. The van der Waals surface area contributed by atoms with Gasteiger partial charge in [-0.15, -0.1) is 0 Å². The van der Waals surface area contributed by atoms with Gasteiger partial charge in [-0.1, -0.05) is 20.8 Å². The molecule has 0 atom stereocenters. The number of rotatable bonds is 3. The van der Waals surface area contributed by atoms with Crippen molar-refractivity contribution in [1.29, 1.82) is 5.41 Å². The van der Waals surface area contributed by atoms with Gasteiger partial charge in [0.2, 0.25) is 0 Å². The van der Waals surface area contributed by atoms with Crippen molar-refractivity contribution in [2.24, 2.45) is 11.1 Å². The summed E-state index contributed by atoms with van der Waals surface area (Å²) in [5, 5.41) is 7.49. The summed E-state index contributed by atoms with van der Waals surface area (Å²) in [7, 11) is 1.78. The number of hydrogen-bond donors (Lipinski definition) is 2. The first-order chi connectivity index (χ1) is 8.92. The molecule has 0 fully saturated rings. The minimum atomic E-state index is -4.44. The van der Waals surface area contributed by atoms with Crippen LogP contribution in [-0.4, -0.2) is 19.4 Å². The first-order valence-electron chi connectivity index (χ1n) is 6.18. The van der Waals surface area contributed by atoms with Gasteiger partial charge in [-0.3, -0.25) is 5.41 Å². The van der Waals surface area contributed by atoms with Gasteiger partial charge < -0.3 is 10.6 Å². The molecule has 20 heavy (non-hydrogen) atoms. The summed E-state index contributed by atoms with van der Waals surface area (Å²) < 4.78 is 38.1. The molecule has 0 aliphatic carbocycles. The Morgan fingerprint density at radius 3 is 2.20 bits per heavy atom. The number of nitrogen functional groups attached to an aromatic ring is 1. The van der Waals surface area contributed by atoms with Crippen molar-refractivity contribution in [2.75, 3.05) is 18.5 Å². The fraction of sp³-hybridized carbons (Fsp3) is 0.500. The molecule has 0 saturated heterocycles. The Bertz CT molecular complexity index is 501. The lowest BCUT2D eigenvalue weighted by Gasteiger charge is -2.30. The van der Waals surface area contributed by atoms with Crippen LogP contribution in [0.2, 0.25) is 0 Å². The van der Waals surface area contributed by atoms with Gasteiger partial charge in [-0.25, -0.2) is 0 Å². The lowest BCUT2D eigenvalue weighted by Crippen LogP contribution is -2.31. The zero-order valence-corrected chi connectivity index (χ0v) is 12.1. The van der Waals surface area contributed by atoms with Crippen LogP contribution >= 0.6 is 0 Å². The molecule has 0 saturated carbocycles. The van der Waals surface area contributed by atoms with Gasteiger partial charge in [-0.2, -0.15) is 13.2 Å². The van der Waals surface area contributed by atoms with E-state index in [4.69, 9.17) is 11.1 Å². The van der Waals surface area contributed by atoms with Crippen LogP contribution in [0.3, 0.4) is 0 Å². The van der Waals surface area contributed by atoms with Crippen molar-refractivity contribution < 1.29 is 13.2 Å². The lowest BCUT2D eigenvalue weighted by molar-refractivity contribution is -0.137. The predicted molar refractivity (Wildman–Crippen MR) is 75.2 cm³/mol. The molecular formula is C14H20F3N3. The van der Waals surface area contributed by atoms with Gasteiger partial charge in [-0.05, 0) is 23.6 Å². The molecule has 0 amide bonds. The van der Waals surface area contributed by atoms with Gasteiger partial charge in [0.15, 0.2) is 0 Å². The van der Waals surface area contributed by atoms with Crippen molar-refractivity contribution in [3.8, 4) is 0 Å². The minimum absolute atomic E-state index is 0.0223. The molecule has 0 spiro atoms. The van der Waals surface area contributed by atoms with E-state index in [0.717, 1.165) is 12.1 Å². The number of hydrogen-bond acceptors (Lipinski definition) is 2. The normalized spacial score (nSPS) is 12.3. The van der Waals surface area contributed by atoms with E-state index < -0.39 is 11.7 Å². The Kier molecular flexibility index (Phi) is 4.36. The maximum absolute atomic E-state index is 12.7. The summed E-state index contributed by atoms with van der Waals surface area (Å²) >= 11 is 0. The quantitative estimate of drug-likeness (QED) is 0.660. The van der Waals surface area contributed by atoms with E-state index in [2.05, 4.69) is 0 Å². The van der Waals surface area contributed by atoms with Gasteiger partial charge >= 0.3 is 6.18 Å². The fourth-order valence-corrected chi connectivity index (χ4v) is 2.06. The molecule has 1 aromatic carbocycles. The Morgan fingerprint density at radius 2 is 1.80 bits per heavy atom. The highest BCUT2D eigenvalue weighted by Crippen LogP contribution is 2.33. The molecule has 3 N–H and O–H groups in total. The summed E-state index contributed by atoms with van der Waals surface area (Å²) in [5.41, 5.74) is 5.23. The van der Waals surface area contributed by atoms with Crippen molar-refractivity contribution in [3.05, 3.63) is 29.3 Å². The molecular weight excluding hydrogens is 267 g/mol. The van der Waals surface area contributed by atoms with E-state index >= 15 is 0 Å². The number of amidine groups is 1. The number of nitrogens with one attached hydrogen (secondary N) is 1. The van der Waals surface area contributed by atoms with E-state index in [0.29, 0.717) is 12.2 Å². The molecule has 0 aliphatic rings. The third-order valence-corrected chi connectivity index (χ3v) is 2.74. The lowest BCUT2D eigenvalue weighted by atomic mass is 9.95. The average molecular weight is 287 g/mol. The van der Waals surface area contributed by atoms with E-state index in [1.807, 2.05) is 25.7 Å². The van der Waals surface area contributed by atoms with Crippen LogP contribution in [0.5, 0.6) is 0 Å². The summed E-state index contributed by atoms with van der Waals surface area (Å²) in [6, 6.07) is 3.31. The van der Waals surface area contributed by atoms with Gasteiger partial charge in [0.05, 0.1) is 5.56 Å². The fourth-order valence-electron chi connectivity index (χ4n) is 2.06.